The largest absolute Gasteiger partial charge is 0.473 e. The van der Waals surface area contributed by atoms with Crippen molar-refractivity contribution >= 4 is 23.6 Å². The molecule has 2 rings (SSSR count). The SMILES string of the molecule is COCC(=O)N1CCN(CC(=O)c2ccco2)CC1.O=C(O)C(=O)O. The molecule has 0 aliphatic carbocycles. The van der Waals surface area contributed by atoms with Crippen molar-refractivity contribution in [1.82, 2.24) is 9.80 Å². The minimum atomic E-state index is -1.82. The third-order valence-electron chi connectivity index (χ3n) is 3.34. The van der Waals surface area contributed by atoms with E-state index in [0.29, 0.717) is 38.5 Å². The van der Waals surface area contributed by atoms with Crippen molar-refractivity contribution in [2.75, 3.05) is 46.4 Å². The smallest absolute Gasteiger partial charge is 0.414 e. The first-order chi connectivity index (χ1) is 11.8. The minimum Gasteiger partial charge on any atom is -0.473 e. The number of hydrogen-bond donors (Lipinski definition) is 2. The first kappa shape index (κ1) is 20.3. The van der Waals surface area contributed by atoms with Crippen LogP contribution in [-0.2, 0) is 19.1 Å². The van der Waals surface area contributed by atoms with Crippen molar-refractivity contribution in [2.24, 2.45) is 0 Å². The molecule has 0 spiro atoms. The highest BCUT2D eigenvalue weighted by atomic mass is 16.5. The van der Waals surface area contributed by atoms with Crippen LogP contribution in [0, 0.1) is 0 Å². The number of methoxy groups -OCH3 is 1. The molecule has 1 fully saturated rings. The molecule has 1 aromatic rings. The Balaban J connectivity index is 0.000000450. The van der Waals surface area contributed by atoms with Crippen LogP contribution in [0.3, 0.4) is 0 Å². The lowest BCUT2D eigenvalue weighted by Crippen LogP contribution is -2.50. The average Bonchev–Trinajstić information content (AvgIpc) is 3.11. The second kappa shape index (κ2) is 10.2. The number of carboxylic acids is 2. The molecule has 0 atom stereocenters. The van der Waals surface area contributed by atoms with Crippen molar-refractivity contribution in [3.63, 3.8) is 0 Å². The van der Waals surface area contributed by atoms with Crippen molar-refractivity contribution in [3.8, 4) is 0 Å². The van der Waals surface area contributed by atoms with Gasteiger partial charge in [-0.05, 0) is 12.1 Å². The highest BCUT2D eigenvalue weighted by molar-refractivity contribution is 6.27. The summed E-state index contributed by atoms with van der Waals surface area (Å²) in [6, 6.07) is 3.37. The zero-order valence-electron chi connectivity index (χ0n) is 13.7. The van der Waals surface area contributed by atoms with E-state index in [1.165, 1.54) is 13.4 Å². The lowest BCUT2D eigenvalue weighted by Gasteiger charge is -2.34. The molecule has 138 valence electrons. The van der Waals surface area contributed by atoms with Crippen LogP contribution in [0.5, 0.6) is 0 Å². The maximum absolute atomic E-state index is 11.9. The molecule has 1 aliphatic rings. The third-order valence-corrected chi connectivity index (χ3v) is 3.34. The Hall–Kier alpha value is -2.72. The number of piperazine rings is 1. The van der Waals surface area contributed by atoms with Gasteiger partial charge in [0, 0.05) is 33.3 Å². The average molecular weight is 356 g/mol. The zero-order valence-corrected chi connectivity index (χ0v) is 13.7. The molecule has 0 saturated carbocycles. The Morgan fingerprint density at radius 2 is 1.72 bits per heavy atom. The van der Waals surface area contributed by atoms with E-state index in [9.17, 15) is 9.59 Å². The fourth-order valence-electron chi connectivity index (χ4n) is 2.09. The molecule has 1 amide bonds. The summed E-state index contributed by atoms with van der Waals surface area (Å²) < 4.78 is 9.90. The summed E-state index contributed by atoms with van der Waals surface area (Å²) in [6.45, 7) is 3.11. The number of rotatable bonds is 5. The molecule has 1 saturated heterocycles. The predicted octanol–water partition coefficient (Wildman–Crippen LogP) is -0.591. The van der Waals surface area contributed by atoms with Gasteiger partial charge in [-0.25, -0.2) is 9.59 Å². The lowest BCUT2D eigenvalue weighted by molar-refractivity contribution is -0.159. The first-order valence-electron chi connectivity index (χ1n) is 7.37. The summed E-state index contributed by atoms with van der Waals surface area (Å²) in [5.74, 6) is -3.29. The number of Topliss-reactive ketones (excluding diaryl/α,β-unsaturated/α-hetero) is 1. The molecule has 0 radical (unpaired) electrons. The van der Waals surface area contributed by atoms with E-state index < -0.39 is 11.9 Å². The maximum Gasteiger partial charge on any atom is 0.414 e. The number of ketones is 1. The molecule has 2 heterocycles. The zero-order chi connectivity index (χ0) is 18.8. The molecule has 0 unspecified atom stereocenters. The van der Waals surface area contributed by atoms with Crippen LogP contribution in [0.25, 0.3) is 0 Å². The molecule has 2 N–H and O–H groups in total. The number of carbonyl (C=O) groups excluding carboxylic acids is 2. The van der Waals surface area contributed by atoms with Gasteiger partial charge in [0.2, 0.25) is 11.7 Å². The number of nitrogens with zero attached hydrogens (tertiary/aromatic N) is 2. The van der Waals surface area contributed by atoms with Crippen molar-refractivity contribution in [1.29, 1.82) is 0 Å². The Morgan fingerprint density at radius 3 is 2.16 bits per heavy atom. The number of ether oxygens (including phenoxy) is 1. The molecule has 10 nitrogen and oxygen atoms in total. The van der Waals surface area contributed by atoms with Crippen molar-refractivity contribution in [3.05, 3.63) is 24.2 Å². The first-order valence-corrected chi connectivity index (χ1v) is 7.37. The molecule has 10 heteroatoms. The van der Waals surface area contributed by atoms with E-state index in [-0.39, 0.29) is 18.3 Å². The molecule has 25 heavy (non-hydrogen) atoms. The summed E-state index contributed by atoms with van der Waals surface area (Å²) in [5.41, 5.74) is 0. The minimum absolute atomic E-state index is 0.000453. The summed E-state index contributed by atoms with van der Waals surface area (Å²) in [7, 11) is 1.51. The topological polar surface area (TPSA) is 138 Å². The predicted molar refractivity (Wildman–Crippen MR) is 83.2 cm³/mol. The number of carbonyl (C=O) groups is 4. The lowest BCUT2D eigenvalue weighted by atomic mass is 10.2. The van der Waals surface area contributed by atoms with Gasteiger partial charge in [-0.3, -0.25) is 14.5 Å². The van der Waals surface area contributed by atoms with Crippen LogP contribution in [0.4, 0.5) is 0 Å². The monoisotopic (exact) mass is 356 g/mol. The Kier molecular flexibility index (Phi) is 8.30. The van der Waals surface area contributed by atoms with E-state index in [2.05, 4.69) is 0 Å². The summed E-state index contributed by atoms with van der Waals surface area (Å²) in [4.78, 5) is 45.5. The van der Waals surface area contributed by atoms with Crippen molar-refractivity contribution < 1.29 is 38.5 Å². The molecule has 1 aromatic heterocycles. The van der Waals surface area contributed by atoms with Gasteiger partial charge >= 0.3 is 11.9 Å². The van der Waals surface area contributed by atoms with E-state index in [1.54, 1.807) is 17.0 Å². The molecular weight excluding hydrogens is 336 g/mol. The fraction of sp³-hybridized carbons (Fsp3) is 0.467. The normalized spacial score (nSPS) is 14.4. The summed E-state index contributed by atoms with van der Waals surface area (Å²) >= 11 is 0. The molecule has 1 aliphatic heterocycles. The van der Waals surface area contributed by atoms with E-state index in [1.807, 2.05) is 4.90 Å². The number of aliphatic carboxylic acids is 2. The van der Waals surface area contributed by atoms with Crippen molar-refractivity contribution in [2.45, 2.75) is 0 Å². The summed E-state index contributed by atoms with van der Waals surface area (Å²) in [5, 5.41) is 14.8. The van der Waals surface area contributed by atoms with Crippen LogP contribution in [0.15, 0.2) is 22.8 Å². The van der Waals surface area contributed by atoms with Gasteiger partial charge in [-0.1, -0.05) is 0 Å². The van der Waals surface area contributed by atoms with Crippen LogP contribution in [-0.4, -0.2) is 90.1 Å². The number of carboxylic acid groups (broad SMARTS) is 2. The highest BCUT2D eigenvalue weighted by Crippen LogP contribution is 2.06. The van der Waals surface area contributed by atoms with Gasteiger partial charge in [-0.2, -0.15) is 0 Å². The van der Waals surface area contributed by atoms with Gasteiger partial charge < -0.3 is 24.3 Å². The second-order valence-corrected chi connectivity index (χ2v) is 5.10. The van der Waals surface area contributed by atoms with Crippen LogP contribution < -0.4 is 0 Å². The van der Waals surface area contributed by atoms with E-state index >= 15 is 0 Å². The molecule has 0 aromatic carbocycles. The van der Waals surface area contributed by atoms with Crippen LogP contribution >= 0.6 is 0 Å². The highest BCUT2D eigenvalue weighted by Gasteiger charge is 2.23. The number of hydrogen-bond acceptors (Lipinski definition) is 7. The van der Waals surface area contributed by atoms with E-state index in [4.69, 9.17) is 29.0 Å². The second-order valence-electron chi connectivity index (χ2n) is 5.10. The molecular formula is C15H20N2O8. The van der Waals surface area contributed by atoms with E-state index in [0.717, 1.165) is 0 Å². The number of furan rings is 1. The maximum atomic E-state index is 11.9. The molecule has 0 bridgehead atoms. The van der Waals surface area contributed by atoms with Gasteiger partial charge in [0.1, 0.15) is 6.61 Å². The Morgan fingerprint density at radius 1 is 1.12 bits per heavy atom. The standard InChI is InChI=1S/C13H18N2O4.C2H2O4/c1-18-10-13(17)15-6-4-14(5-7-15)9-11(16)12-3-2-8-19-12;3-1(4)2(5)6/h2-3,8H,4-7,9-10H2,1H3;(H,3,4)(H,5,6). The Labute approximate surface area is 143 Å². The Bertz CT molecular complexity index is 579. The fourth-order valence-corrected chi connectivity index (χ4v) is 2.09. The quantitative estimate of drug-likeness (QED) is 0.523. The van der Waals surface area contributed by atoms with Gasteiger partial charge in [-0.15, -0.1) is 0 Å². The van der Waals surface area contributed by atoms with Gasteiger partial charge in [0.05, 0.1) is 12.8 Å². The van der Waals surface area contributed by atoms with Crippen LogP contribution in [0.2, 0.25) is 0 Å². The van der Waals surface area contributed by atoms with Gasteiger partial charge in [0.15, 0.2) is 5.76 Å². The van der Waals surface area contributed by atoms with Gasteiger partial charge in [0.25, 0.3) is 0 Å². The third kappa shape index (κ3) is 7.14. The summed E-state index contributed by atoms with van der Waals surface area (Å²) in [6.07, 6.45) is 1.49. The van der Waals surface area contributed by atoms with Crippen LogP contribution in [0.1, 0.15) is 10.6 Å². The number of amides is 1.